The first-order valence-electron chi connectivity index (χ1n) is 9.27. The predicted molar refractivity (Wildman–Crippen MR) is 116 cm³/mol. The first-order valence-corrected chi connectivity index (χ1v) is 9.27. The summed E-state index contributed by atoms with van der Waals surface area (Å²) in [5, 5.41) is 9.59. The fourth-order valence-electron chi connectivity index (χ4n) is 3.06. The maximum absolute atomic E-state index is 15.2. The molecule has 3 aromatic rings. The molecule has 0 aromatic carbocycles. The highest BCUT2D eigenvalue weighted by molar-refractivity contribution is 5.76. The van der Waals surface area contributed by atoms with Gasteiger partial charge in [0.25, 0.3) is 0 Å². The minimum atomic E-state index is -0.375. The van der Waals surface area contributed by atoms with E-state index in [1.807, 2.05) is 26.0 Å². The zero-order valence-corrected chi connectivity index (χ0v) is 16.8. The van der Waals surface area contributed by atoms with E-state index >= 15 is 4.39 Å². The normalized spacial score (nSPS) is 11.8. The van der Waals surface area contributed by atoms with Gasteiger partial charge in [0, 0.05) is 59.8 Å². The van der Waals surface area contributed by atoms with Gasteiger partial charge < -0.3 is 0 Å². The van der Waals surface area contributed by atoms with E-state index in [0.29, 0.717) is 28.0 Å². The highest BCUT2D eigenvalue weighted by Crippen LogP contribution is 2.27. The van der Waals surface area contributed by atoms with Gasteiger partial charge in [-0.2, -0.15) is 5.26 Å². The van der Waals surface area contributed by atoms with E-state index in [4.69, 9.17) is 0 Å². The van der Waals surface area contributed by atoms with Crippen molar-refractivity contribution in [2.45, 2.75) is 20.3 Å². The van der Waals surface area contributed by atoms with Gasteiger partial charge >= 0.3 is 0 Å². The van der Waals surface area contributed by atoms with E-state index in [1.54, 1.807) is 43.0 Å². The second kappa shape index (κ2) is 9.48. The molecule has 3 aromatic heterocycles. The molecule has 6 heteroatoms. The van der Waals surface area contributed by atoms with Crippen LogP contribution in [-0.2, 0) is 6.42 Å². The molecule has 0 N–H and O–H groups in total. The monoisotopic (exact) mass is 397 g/mol. The molecule has 0 bridgehead atoms. The third-order valence-corrected chi connectivity index (χ3v) is 4.42. The molecular weight excluding hydrogens is 377 g/mol. The Balaban J connectivity index is 2.00. The average Bonchev–Trinajstić information content (AvgIpc) is 2.74. The number of halogens is 1. The van der Waals surface area contributed by atoms with Crippen molar-refractivity contribution in [2.75, 3.05) is 0 Å². The SMILES string of the molecule is C=N/C=C\C(=C(\F)Cc1cnc(-c2ccnc(C)c2)c(C#N)c1)c1cncc(C)c1. The fraction of sp³-hybridized carbons (Fsp3) is 0.125. The Bertz CT molecular complexity index is 1190. The van der Waals surface area contributed by atoms with Crippen LogP contribution in [-0.4, -0.2) is 21.7 Å². The summed E-state index contributed by atoms with van der Waals surface area (Å²) in [5.41, 5.74) is 5.09. The van der Waals surface area contributed by atoms with E-state index in [9.17, 15) is 5.26 Å². The summed E-state index contributed by atoms with van der Waals surface area (Å²) in [6.07, 6.45) is 9.55. The first kappa shape index (κ1) is 20.7. The van der Waals surface area contributed by atoms with E-state index in [-0.39, 0.29) is 12.2 Å². The molecule has 3 rings (SSSR count). The van der Waals surface area contributed by atoms with Crippen LogP contribution >= 0.6 is 0 Å². The molecule has 0 radical (unpaired) electrons. The van der Waals surface area contributed by atoms with Crippen LogP contribution in [0.4, 0.5) is 4.39 Å². The molecule has 0 atom stereocenters. The van der Waals surface area contributed by atoms with Gasteiger partial charge in [0.05, 0.1) is 11.3 Å². The minimum absolute atomic E-state index is 0.0118. The third kappa shape index (κ3) is 4.89. The summed E-state index contributed by atoms with van der Waals surface area (Å²) in [6.45, 7) is 7.17. The van der Waals surface area contributed by atoms with Gasteiger partial charge in [-0.25, -0.2) is 4.39 Å². The number of nitrogens with zero attached hydrogens (tertiary/aromatic N) is 5. The van der Waals surface area contributed by atoms with Gasteiger partial charge in [-0.1, -0.05) is 0 Å². The highest BCUT2D eigenvalue weighted by Gasteiger charge is 2.13. The van der Waals surface area contributed by atoms with Crippen molar-refractivity contribution in [3.63, 3.8) is 0 Å². The van der Waals surface area contributed by atoms with Crippen LogP contribution in [0.3, 0.4) is 0 Å². The summed E-state index contributed by atoms with van der Waals surface area (Å²) in [7, 11) is 0. The van der Waals surface area contributed by atoms with Gasteiger partial charge in [0.15, 0.2) is 0 Å². The van der Waals surface area contributed by atoms with E-state index in [0.717, 1.165) is 16.8 Å². The van der Waals surface area contributed by atoms with Crippen molar-refractivity contribution < 1.29 is 4.39 Å². The summed E-state index contributed by atoms with van der Waals surface area (Å²) < 4.78 is 15.2. The maximum atomic E-state index is 15.2. The molecule has 30 heavy (non-hydrogen) atoms. The van der Waals surface area contributed by atoms with Crippen molar-refractivity contribution >= 4 is 12.3 Å². The zero-order chi connectivity index (χ0) is 21.5. The molecule has 0 unspecified atom stereocenters. The number of pyridine rings is 3. The molecule has 0 aliphatic carbocycles. The van der Waals surface area contributed by atoms with Gasteiger partial charge in [0.1, 0.15) is 11.9 Å². The molecule has 0 aliphatic rings. The van der Waals surface area contributed by atoms with Gasteiger partial charge in [-0.05, 0) is 62.0 Å². The van der Waals surface area contributed by atoms with Crippen LogP contribution < -0.4 is 0 Å². The number of nitriles is 1. The van der Waals surface area contributed by atoms with E-state index < -0.39 is 0 Å². The van der Waals surface area contributed by atoms with Crippen molar-refractivity contribution in [1.29, 1.82) is 5.26 Å². The molecule has 0 spiro atoms. The Morgan fingerprint density at radius 1 is 1.20 bits per heavy atom. The molecule has 3 heterocycles. The Morgan fingerprint density at radius 2 is 2.03 bits per heavy atom. The molecular formula is C24H20FN5. The number of aromatic nitrogens is 3. The number of aliphatic imine (C=N–C) groups is 1. The lowest BCUT2D eigenvalue weighted by atomic mass is 10.0. The second-order valence-electron chi connectivity index (χ2n) is 6.78. The van der Waals surface area contributed by atoms with E-state index in [1.165, 1.54) is 6.20 Å². The van der Waals surface area contributed by atoms with Crippen molar-refractivity contribution in [3.05, 3.63) is 95.1 Å². The maximum Gasteiger partial charge on any atom is 0.112 e. The Labute approximate surface area is 175 Å². The highest BCUT2D eigenvalue weighted by atomic mass is 19.1. The van der Waals surface area contributed by atoms with Crippen LogP contribution in [0.1, 0.15) is 27.9 Å². The number of aryl methyl sites for hydroxylation is 2. The quantitative estimate of drug-likeness (QED) is 0.425. The van der Waals surface area contributed by atoms with E-state index in [2.05, 4.69) is 32.7 Å². The lowest BCUT2D eigenvalue weighted by Crippen LogP contribution is -1.97. The molecule has 0 aliphatic heterocycles. The standard InChI is InChI=1S/C24H20FN5/c1-16-8-21(15-28-13-16)22(5-6-27-3)23(25)11-18-10-20(12-26)24(30-14-18)19-4-7-29-17(2)9-19/h4-10,13-15H,3,11H2,1-2H3/b6-5-,23-22-. The summed E-state index contributed by atoms with van der Waals surface area (Å²) in [6, 6.07) is 9.34. The molecule has 5 nitrogen and oxygen atoms in total. The average molecular weight is 397 g/mol. The lowest BCUT2D eigenvalue weighted by Gasteiger charge is -2.09. The summed E-state index contributed by atoms with van der Waals surface area (Å²) in [5.74, 6) is -0.375. The third-order valence-electron chi connectivity index (χ3n) is 4.42. The smallest absolute Gasteiger partial charge is 0.112 e. The van der Waals surface area contributed by atoms with Crippen molar-refractivity contribution in [1.82, 2.24) is 15.0 Å². The Kier molecular flexibility index (Phi) is 6.56. The Hall–Kier alpha value is -3.98. The predicted octanol–water partition coefficient (Wildman–Crippen LogP) is 5.16. The first-order chi connectivity index (χ1) is 14.5. The minimum Gasteiger partial charge on any atom is -0.272 e. The summed E-state index contributed by atoms with van der Waals surface area (Å²) in [4.78, 5) is 16.4. The Morgan fingerprint density at radius 3 is 2.73 bits per heavy atom. The van der Waals surface area contributed by atoms with Gasteiger partial charge in [-0.15, -0.1) is 0 Å². The van der Waals surface area contributed by atoms with Crippen LogP contribution in [0.5, 0.6) is 0 Å². The number of allylic oxidation sites excluding steroid dienone is 3. The zero-order valence-electron chi connectivity index (χ0n) is 16.8. The van der Waals surface area contributed by atoms with Crippen LogP contribution in [0.15, 0.2) is 72.1 Å². The largest absolute Gasteiger partial charge is 0.272 e. The molecule has 0 amide bonds. The molecule has 148 valence electrons. The molecule has 0 saturated heterocycles. The van der Waals surface area contributed by atoms with Crippen LogP contribution in [0.2, 0.25) is 0 Å². The number of rotatable bonds is 6. The topological polar surface area (TPSA) is 74.8 Å². The molecule has 0 saturated carbocycles. The van der Waals surface area contributed by atoms with Gasteiger partial charge in [0.2, 0.25) is 0 Å². The number of hydrogen-bond donors (Lipinski definition) is 0. The van der Waals surface area contributed by atoms with Crippen LogP contribution in [0.25, 0.3) is 16.8 Å². The van der Waals surface area contributed by atoms with Crippen molar-refractivity contribution in [2.24, 2.45) is 4.99 Å². The second-order valence-corrected chi connectivity index (χ2v) is 6.78. The fourth-order valence-corrected chi connectivity index (χ4v) is 3.06. The molecule has 0 fully saturated rings. The lowest BCUT2D eigenvalue weighted by molar-refractivity contribution is 0.616. The van der Waals surface area contributed by atoms with Crippen LogP contribution in [0, 0.1) is 25.2 Å². The van der Waals surface area contributed by atoms with Gasteiger partial charge in [-0.3, -0.25) is 19.9 Å². The summed E-state index contributed by atoms with van der Waals surface area (Å²) >= 11 is 0. The number of hydrogen-bond acceptors (Lipinski definition) is 5. The van der Waals surface area contributed by atoms with Crippen molar-refractivity contribution in [3.8, 4) is 17.3 Å².